The highest BCUT2D eigenvalue weighted by molar-refractivity contribution is 5.73. The Morgan fingerprint density at radius 1 is 0.714 bits per heavy atom. The molecule has 0 unspecified atom stereocenters. The van der Waals surface area contributed by atoms with Crippen molar-refractivity contribution in [1.29, 1.82) is 0 Å². The Morgan fingerprint density at radius 3 is 1.54 bits per heavy atom. The molecule has 0 aromatic heterocycles. The van der Waals surface area contributed by atoms with Crippen LogP contribution < -0.4 is 4.74 Å². The molecule has 3 rings (SSSR count). The van der Waals surface area contributed by atoms with E-state index in [-0.39, 0.29) is 0 Å². The van der Waals surface area contributed by atoms with Crippen molar-refractivity contribution in [2.75, 3.05) is 7.11 Å². The summed E-state index contributed by atoms with van der Waals surface area (Å²) >= 11 is 0. The van der Waals surface area contributed by atoms with Crippen LogP contribution in [0.5, 0.6) is 5.75 Å². The highest BCUT2D eigenvalue weighted by Gasteiger charge is 2.39. The van der Waals surface area contributed by atoms with Gasteiger partial charge in [0.1, 0.15) is 11.4 Å². The molecule has 0 aliphatic heterocycles. The van der Waals surface area contributed by atoms with Gasteiger partial charge in [-0.15, -0.1) is 0 Å². The van der Waals surface area contributed by atoms with Crippen LogP contribution in [0.1, 0.15) is 41.7 Å². The molecule has 0 aliphatic rings. The molecule has 0 heterocycles. The zero-order valence-corrected chi connectivity index (χ0v) is 16.7. The molecule has 0 saturated carbocycles. The third-order valence-electron chi connectivity index (χ3n) is 5.05. The number of hydrogen-bond acceptors (Lipinski definition) is 2. The van der Waals surface area contributed by atoms with E-state index >= 15 is 0 Å². The van der Waals surface area contributed by atoms with Crippen LogP contribution in [0.15, 0.2) is 86.0 Å². The Kier molecular flexibility index (Phi) is 5.53. The van der Waals surface area contributed by atoms with Crippen molar-refractivity contribution in [1.82, 2.24) is 0 Å². The second kappa shape index (κ2) is 7.87. The SMILES string of the molecule is C=C(C)c1ccccc1C(O)(c1ccccc1OC)c1ccccc1C(=C)C. The van der Waals surface area contributed by atoms with Crippen molar-refractivity contribution < 1.29 is 9.84 Å². The molecule has 3 aromatic rings. The second-order valence-corrected chi connectivity index (χ2v) is 7.06. The molecule has 0 saturated heterocycles. The Morgan fingerprint density at radius 2 is 1.11 bits per heavy atom. The predicted octanol–water partition coefficient (Wildman–Crippen LogP) is 6.05. The molecule has 1 N–H and O–H groups in total. The minimum absolute atomic E-state index is 0.623. The largest absolute Gasteiger partial charge is 0.496 e. The van der Waals surface area contributed by atoms with Crippen LogP contribution in [0.25, 0.3) is 11.1 Å². The van der Waals surface area contributed by atoms with Gasteiger partial charge >= 0.3 is 0 Å². The molecule has 3 aromatic carbocycles. The third-order valence-corrected chi connectivity index (χ3v) is 5.05. The van der Waals surface area contributed by atoms with Crippen molar-refractivity contribution in [3.63, 3.8) is 0 Å². The summed E-state index contributed by atoms with van der Waals surface area (Å²) in [5.74, 6) is 0.623. The molecule has 0 atom stereocenters. The Bertz CT molecular complexity index is 972. The molecule has 0 radical (unpaired) electrons. The number of benzene rings is 3. The standard InChI is InChI=1S/C26H26O2/c1-18(2)20-12-6-8-14-22(20)26(27,24-16-10-11-17-25(24)28-5)23-15-9-7-13-21(23)19(3)4/h6-17,27H,1,3H2,2,4-5H3. The Balaban J connectivity index is 2.47. The Labute approximate surface area is 167 Å². The summed E-state index contributed by atoms with van der Waals surface area (Å²) in [5, 5.41) is 12.4. The zero-order valence-electron chi connectivity index (χ0n) is 16.7. The van der Waals surface area contributed by atoms with E-state index in [1.54, 1.807) is 7.11 Å². The van der Waals surface area contributed by atoms with Gasteiger partial charge in [0.25, 0.3) is 0 Å². The van der Waals surface area contributed by atoms with Crippen LogP contribution in [-0.2, 0) is 5.60 Å². The molecular weight excluding hydrogens is 344 g/mol. The van der Waals surface area contributed by atoms with Crippen molar-refractivity contribution in [3.05, 3.63) is 114 Å². The van der Waals surface area contributed by atoms with Crippen LogP contribution in [0.3, 0.4) is 0 Å². The molecule has 0 bridgehead atoms. The van der Waals surface area contributed by atoms with Crippen LogP contribution in [0.2, 0.25) is 0 Å². The fourth-order valence-electron chi connectivity index (χ4n) is 3.72. The van der Waals surface area contributed by atoms with E-state index in [2.05, 4.69) is 13.2 Å². The van der Waals surface area contributed by atoms with Gasteiger partial charge in [-0.3, -0.25) is 0 Å². The number of aliphatic hydroxyl groups is 1. The van der Waals surface area contributed by atoms with Crippen LogP contribution in [0, 0.1) is 0 Å². The molecule has 0 spiro atoms. The monoisotopic (exact) mass is 370 g/mol. The lowest BCUT2D eigenvalue weighted by Crippen LogP contribution is -2.31. The third kappa shape index (κ3) is 3.28. The summed E-state index contributed by atoms with van der Waals surface area (Å²) in [6.45, 7) is 12.2. The number of rotatable bonds is 6. The summed E-state index contributed by atoms with van der Waals surface area (Å²) in [6.07, 6.45) is 0. The minimum atomic E-state index is -1.43. The van der Waals surface area contributed by atoms with Gasteiger partial charge in [0, 0.05) is 16.7 Å². The summed E-state index contributed by atoms with van der Waals surface area (Å²) in [6, 6.07) is 23.3. The summed E-state index contributed by atoms with van der Waals surface area (Å²) in [4.78, 5) is 0. The highest BCUT2D eigenvalue weighted by atomic mass is 16.5. The van der Waals surface area contributed by atoms with Crippen LogP contribution in [0.4, 0.5) is 0 Å². The fraction of sp³-hybridized carbons (Fsp3) is 0.154. The average Bonchev–Trinajstić information content (AvgIpc) is 2.73. The topological polar surface area (TPSA) is 29.5 Å². The predicted molar refractivity (Wildman–Crippen MR) is 117 cm³/mol. The molecule has 0 amide bonds. The van der Waals surface area contributed by atoms with Gasteiger partial charge in [-0.2, -0.15) is 0 Å². The van der Waals surface area contributed by atoms with Crippen molar-refractivity contribution in [2.24, 2.45) is 0 Å². The van der Waals surface area contributed by atoms with Gasteiger partial charge in [0.2, 0.25) is 0 Å². The zero-order chi connectivity index (χ0) is 20.3. The van der Waals surface area contributed by atoms with Gasteiger partial charge in [-0.05, 0) is 31.0 Å². The molecular formula is C26H26O2. The van der Waals surface area contributed by atoms with Crippen LogP contribution in [-0.4, -0.2) is 12.2 Å². The number of methoxy groups -OCH3 is 1. The normalized spacial score (nSPS) is 11.1. The minimum Gasteiger partial charge on any atom is -0.496 e. The summed E-state index contributed by atoms with van der Waals surface area (Å²) in [5.41, 5.74) is 4.37. The van der Waals surface area contributed by atoms with E-state index in [1.807, 2.05) is 86.6 Å². The fourth-order valence-corrected chi connectivity index (χ4v) is 3.72. The quantitative estimate of drug-likeness (QED) is 0.536. The lowest BCUT2D eigenvalue weighted by atomic mass is 9.74. The van der Waals surface area contributed by atoms with E-state index in [0.29, 0.717) is 11.3 Å². The molecule has 142 valence electrons. The van der Waals surface area contributed by atoms with E-state index in [9.17, 15) is 5.11 Å². The maximum absolute atomic E-state index is 12.4. The smallest absolute Gasteiger partial charge is 0.145 e. The van der Waals surface area contributed by atoms with Crippen molar-refractivity contribution in [2.45, 2.75) is 19.4 Å². The first-order valence-corrected chi connectivity index (χ1v) is 9.28. The maximum atomic E-state index is 12.4. The van der Waals surface area contributed by atoms with E-state index in [4.69, 9.17) is 4.74 Å². The first-order chi connectivity index (χ1) is 13.4. The molecule has 28 heavy (non-hydrogen) atoms. The number of hydrogen-bond donors (Lipinski definition) is 1. The van der Waals surface area contributed by atoms with Gasteiger partial charge in [0.05, 0.1) is 7.11 Å². The summed E-state index contributed by atoms with van der Waals surface area (Å²) in [7, 11) is 1.62. The van der Waals surface area contributed by atoms with Gasteiger partial charge < -0.3 is 9.84 Å². The van der Waals surface area contributed by atoms with Gasteiger partial charge in [-0.25, -0.2) is 0 Å². The first-order valence-electron chi connectivity index (χ1n) is 9.28. The van der Waals surface area contributed by atoms with Gasteiger partial charge in [-0.1, -0.05) is 91.0 Å². The maximum Gasteiger partial charge on any atom is 0.145 e. The second-order valence-electron chi connectivity index (χ2n) is 7.06. The number of para-hydroxylation sites is 1. The first kappa shape index (κ1) is 19.7. The van der Waals surface area contributed by atoms with Crippen molar-refractivity contribution >= 4 is 11.1 Å². The van der Waals surface area contributed by atoms with E-state index < -0.39 is 5.60 Å². The number of allylic oxidation sites excluding steroid dienone is 2. The lowest BCUT2D eigenvalue weighted by molar-refractivity contribution is 0.121. The Hall–Kier alpha value is -3.10. The molecule has 2 nitrogen and oxygen atoms in total. The van der Waals surface area contributed by atoms with E-state index in [1.165, 1.54) is 0 Å². The molecule has 0 fully saturated rings. The van der Waals surface area contributed by atoms with Crippen molar-refractivity contribution in [3.8, 4) is 5.75 Å². The highest BCUT2D eigenvalue weighted by Crippen LogP contribution is 2.45. The average molecular weight is 370 g/mol. The lowest BCUT2D eigenvalue weighted by Gasteiger charge is -2.34. The van der Waals surface area contributed by atoms with Gasteiger partial charge in [0.15, 0.2) is 0 Å². The number of ether oxygens (including phenoxy) is 1. The van der Waals surface area contributed by atoms with Crippen LogP contribution >= 0.6 is 0 Å². The van der Waals surface area contributed by atoms with E-state index in [0.717, 1.165) is 33.4 Å². The molecule has 0 aliphatic carbocycles. The molecule has 2 heteroatoms. The summed E-state index contributed by atoms with van der Waals surface area (Å²) < 4.78 is 5.63.